The molecule has 1 aliphatic carbocycles. The molecular weight excluding hydrogens is 453 g/mol. The number of aryl methyl sites for hydroxylation is 1. The summed E-state index contributed by atoms with van der Waals surface area (Å²) in [5, 5.41) is -0.845. The number of benzene rings is 1. The number of hydrogen-bond acceptors (Lipinski definition) is 4. The smallest absolute Gasteiger partial charge is 0.375 e. The molecule has 0 saturated heterocycles. The third kappa shape index (κ3) is 2.88. The van der Waals surface area contributed by atoms with Crippen LogP contribution in [0.15, 0.2) is 15.3 Å². The Morgan fingerprint density at radius 3 is 2.31 bits per heavy atom. The monoisotopic (exact) mass is 461 g/mol. The van der Waals surface area contributed by atoms with Gasteiger partial charge in [-0.1, -0.05) is 0 Å². The lowest BCUT2D eigenvalue weighted by Gasteiger charge is -2.18. The Bertz CT molecular complexity index is 1090. The van der Waals surface area contributed by atoms with Gasteiger partial charge in [0.15, 0.2) is 17.4 Å². The molecule has 1 aliphatic rings. The van der Waals surface area contributed by atoms with Crippen LogP contribution in [0.1, 0.15) is 24.4 Å². The van der Waals surface area contributed by atoms with Crippen LogP contribution in [0.4, 0.5) is 22.0 Å². The van der Waals surface area contributed by atoms with Crippen LogP contribution in [0.3, 0.4) is 0 Å². The third-order valence-electron chi connectivity index (χ3n) is 3.90. The van der Waals surface area contributed by atoms with E-state index in [1.165, 1.54) is 6.92 Å². The zero-order valence-electron chi connectivity index (χ0n) is 12.8. The second-order valence-electron chi connectivity index (χ2n) is 5.72. The highest BCUT2D eigenvalue weighted by Crippen LogP contribution is 2.42. The number of alkyl halides is 3. The van der Waals surface area contributed by atoms with Crippen LogP contribution in [0.5, 0.6) is 5.75 Å². The van der Waals surface area contributed by atoms with Gasteiger partial charge < -0.3 is 8.75 Å². The van der Waals surface area contributed by atoms with Gasteiger partial charge in [0.05, 0.1) is 15.4 Å². The summed E-state index contributed by atoms with van der Waals surface area (Å²) in [6, 6.07) is 0.0773. The van der Waals surface area contributed by atoms with Crippen LogP contribution in [-0.4, -0.2) is 18.5 Å². The SMILES string of the molecule is Cc1c(Br)c(F)c(F)c2c(OS(=O)(=O)C(F)(F)F)cc(=O)n(C3CC3)c12. The average Bonchev–Trinajstić information content (AvgIpc) is 3.33. The summed E-state index contributed by atoms with van der Waals surface area (Å²) in [7, 11) is -6.18. The van der Waals surface area contributed by atoms with E-state index < -0.39 is 44.0 Å². The van der Waals surface area contributed by atoms with Crippen molar-refractivity contribution in [1.29, 1.82) is 0 Å². The standard InChI is InChI=1S/C14H9BrF5NO4S/c1-5-10(15)12(17)11(16)9-7(25-26(23,24)14(18,19)20)4-8(22)21(13(5)9)6-2-3-6/h4,6H,2-3H2,1H3. The van der Waals surface area contributed by atoms with Crippen LogP contribution in [0.2, 0.25) is 0 Å². The molecule has 0 unspecified atom stereocenters. The molecule has 0 bridgehead atoms. The molecule has 12 heteroatoms. The molecular formula is C14H9BrF5NO4S. The fraction of sp³-hybridized carbons (Fsp3) is 0.357. The molecule has 0 spiro atoms. The number of fused-ring (bicyclic) bond motifs is 1. The van der Waals surface area contributed by atoms with Crippen LogP contribution in [0.25, 0.3) is 10.9 Å². The molecule has 1 aromatic heterocycles. The molecule has 3 rings (SSSR count). The largest absolute Gasteiger partial charge is 0.534 e. The summed E-state index contributed by atoms with van der Waals surface area (Å²) in [6.07, 6.45) is 1.12. The fourth-order valence-corrected chi connectivity index (χ4v) is 3.41. The quantitative estimate of drug-likeness (QED) is 0.300. The topological polar surface area (TPSA) is 65.4 Å². The van der Waals surface area contributed by atoms with Gasteiger partial charge in [-0.2, -0.15) is 21.6 Å². The highest BCUT2D eigenvalue weighted by Gasteiger charge is 2.49. The van der Waals surface area contributed by atoms with Crippen molar-refractivity contribution in [3.05, 3.63) is 38.1 Å². The van der Waals surface area contributed by atoms with Gasteiger partial charge in [0.1, 0.15) is 0 Å². The Morgan fingerprint density at radius 2 is 1.81 bits per heavy atom. The predicted octanol–water partition coefficient (Wildman–Crippen LogP) is 3.91. The fourth-order valence-electron chi connectivity index (χ4n) is 2.58. The van der Waals surface area contributed by atoms with Crippen molar-refractivity contribution in [2.75, 3.05) is 0 Å². The number of pyridine rings is 1. The molecule has 2 aromatic rings. The Morgan fingerprint density at radius 1 is 1.23 bits per heavy atom. The average molecular weight is 462 g/mol. The van der Waals surface area contributed by atoms with E-state index in [0.717, 1.165) is 4.57 Å². The Kier molecular flexibility index (Phi) is 4.34. The first-order chi connectivity index (χ1) is 11.9. The van der Waals surface area contributed by atoms with Crippen LogP contribution in [0, 0.1) is 18.6 Å². The number of halogens is 6. The molecule has 142 valence electrons. The molecule has 0 N–H and O–H groups in total. The number of nitrogens with zero attached hydrogens (tertiary/aromatic N) is 1. The van der Waals surface area contributed by atoms with Crippen molar-refractivity contribution >= 4 is 37.0 Å². The van der Waals surface area contributed by atoms with Crippen molar-refractivity contribution in [2.45, 2.75) is 31.3 Å². The molecule has 5 nitrogen and oxygen atoms in total. The van der Waals surface area contributed by atoms with Crippen LogP contribution < -0.4 is 9.74 Å². The second kappa shape index (κ2) is 5.91. The third-order valence-corrected chi connectivity index (χ3v) is 5.81. The molecule has 0 aliphatic heterocycles. The van der Waals surface area contributed by atoms with Crippen LogP contribution >= 0.6 is 15.9 Å². The maximum absolute atomic E-state index is 14.5. The van der Waals surface area contributed by atoms with Crippen LogP contribution in [-0.2, 0) is 10.1 Å². The van der Waals surface area contributed by atoms with Gasteiger partial charge in [0.25, 0.3) is 5.56 Å². The minimum Gasteiger partial charge on any atom is -0.375 e. The zero-order valence-corrected chi connectivity index (χ0v) is 15.2. The van der Waals surface area contributed by atoms with E-state index >= 15 is 0 Å². The molecule has 1 fully saturated rings. The van der Waals surface area contributed by atoms with Crippen molar-refractivity contribution in [1.82, 2.24) is 4.57 Å². The molecule has 26 heavy (non-hydrogen) atoms. The summed E-state index contributed by atoms with van der Waals surface area (Å²) in [5.41, 5.74) is -6.88. The van der Waals surface area contributed by atoms with E-state index in [2.05, 4.69) is 20.1 Å². The molecule has 0 radical (unpaired) electrons. The van der Waals surface area contributed by atoms with Crippen molar-refractivity contribution in [3.8, 4) is 5.75 Å². The van der Waals surface area contributed by atoms with Gasteiger partial charge >= 0.3 is 15.6 Å². The minimum atomic E-state index is -6.18. The second-order valence-corrected chi connectivity index (χ2v) is 8.05. The van der Waals surface area contributed by atoms with Crippen molar-refractivity contribution in [2.24, 2.45) is 0 Å². The predicted molar refractivity (Wildman–Crippen MR) is 84.4 cm³/mol. The minimum absolute atomic E-state index is 0.0257. The highest BCUT2D eigenvalue weighted by atomic mass is 79.9. The molecule has 1 saturated carbocycles. The van der Waals surface area contributed by atoms with E-state index in [9.17, 15) is 35.2 Å². The molecule has 0 amide bonds. The number of aromatic nitrogens is 1. The summed E-state index contributed by atoms with van der Waals surface area (Å²) >= 11 is 2.83. The Labute approximate surface area is 151 Å². The molecule has 1 heterocycles. The summed E-state index contributed by atoms with van der Waals surface area (Å²) in [4.78, 5) is 12.3. The van der Waals surface area contributed by atoms with Gasteiger partial charge in [-0.3, -0.25) is 4.79 Å². The number of rotatable bonds is 3. The lowest BCUT2D eigenvalue weighted by molar-refractivity contribution is -0.0499. The van der Waals surface area contributed by atoms with Gasteiger partial charge in [0.2, 0.25) is 0 Å². The lowest BCUT2D eigenvalue weighted by Crippen LogP contribution is -2.29. The van der Waals surface area contributed by atoms with Gasteiger partial charge in [-0.15, -0.1) is 0 Å². The van der Waals surface area contributed by atoms with Crippen molar-refractivity contribution in [3.63, 3.8) is 0 Å². The summed E-state index contributed by atoms with van der Waals surface area (Å²) in [6.45, 7) is 1.31. The lowest BCUT2D eigenvalue weighted by atomic mass is 10.1. The maximum Gasteiger partial charge on any atom is 0.534 e. The molecule has 1 aromatic carbocycles. The first-order valence-corrected chi connectivity index (χ1v) is 9.30. The normalized spacial score (nSPS) is 15.5. The Balaban J connectivity index is 2.43. The summed E-state index contributed by atoms with van der Waals surface area (Å²) in [5.74, 6) is -4.28. The first-order valence-electron chi connectivity index (χ1n) is 7.10. The summed E-state index contributed by atoms with van der Waals surface area (Å²) < 4.78 is 93.6. The van der Waals surface area contributed by atoms with Gasteiger partial charge in [-0.25, -0.2) is 8.78 Å². The van der Waals surface area contributed by atoms with E-state index in [1.54, 1.807) is 0 Å². The van der Waals surface area contributed by atoms with E-state index in [-0.39, 0.29) is 21.6 Å². The zero-order chi connectivity index (χ0) is 19.6. The highest BCUT2D eigenvalue weighted by molar-refractivity contribution is 9.10. The van der Waals surface area contributed by atoms with Gasteiger partial charge in [-0.05, 0) is 41.3 Å². The maximum atomic E-state index is 14.5. The molecule has 0 atom stereocenters. The van der Waals surface area contributed by atoms with E-state index in [1.807, 2.05) is 0 Å². The first kappa shape index (κ1) is 19.1. The van der Waals surface area contributed by atoms with Crippen molar-refractivity contribution < 1.29 is 34.6 Å². The van der Waals surface area contributed by atoms with E-state index in [4.69, 9.17) is 0 Å². The van der Waals surface area contributed by atoms with E-state index in [0.29, 0.717) is 18.9 Å². The Hall–Kier alpha value is -1.69. The van der Waals surface area contributed by atoms with Gasteiger partial charge in [0, 0.05) is 12.1 Å². The number of hydrogen-bond donors (Lipinski definition) is 0.